The van der Waals surface area contributed by atoms with Gasteiger partial charge in [-0.25, -0.2) is 4.79 Å². The molecule has 0 radical (unpaired) electrons. The highest BCUT2D eigenvalue weighted by molar-refractivity contribution is 5.96. The fourth-order valence-electron chi connectivity index (χ4n) is 4.48. The van der Waals surface area contributed by atoms with Crippen molar-refractivity contribution < 1.29 is 18.7 Å². The molecule has 2 aromatic carbocycles. The monoisotopic (exact) mass is 475 g/mol. The summed E-state index contributed by atoms with van der Waals surface area (Å²) in [4.78, 5) is 29.4. The molecule has 3 aromatic rings. The van der Waals surface area contributed by atoms with Crippen molar-refractivity contribution in [1.29, 1.82) is 0 Å². The molecule has 0 saturated carbocycles. The number of furan rings is 1. The van der Waals surface area contributed by atoms with E-state index >= 15 is 0 Å². The Balaban J connectivity index is 1.36. The predicted molar refractivity (Wildman–Crippen MR) is 136 cm³/mol. The molecule has 1 saturated heterocycles. The fraction of sp³-hybridized carbons (Fsp3) is 0.357. The van der Waals surface area contributed by atoms with E-state index in [1.54, 1.807) is 37.6 Å². The summed E-state index contributed by atoms with van der Waals surface area (Å²) < 4.78 is 10.8. The van der Waals surface area contributed by atoms with Crippen LogP contribution in [-0.2, 0) is 13.0 Å². The number of ether oxygens (including phenoxy) is 1. The van der Waals surface area contributed by atoms with Crippen LogP contribution in [0.4, 0.5) is 10.5 Å². The Labute approximate surface area is 206 Å². The van der Waals surface area contributed by atoms with Crippen LogP contribution in [-0.4, -0.2) is 54.4 Å². The minimum Gasteiger partial charge on any atom is -0.497 e. The standard InChI is InChI=1S/C28H33N3O4/c1-21(32)23-5-3-6-24(19-23)29-28(33)31(20-27-7-4-18-35-27)25-13-16-30(17-14-25)15-12-22-8-10-26(34-2)11-9-22/h3-11,18-19,25H,12-17,20H2,1-2H3,(H,29,33). The zero-order valence-corrected chi connectivity index (χ0v) is 20.4. The van der Waals surface area contributed by atoms with E-state index in [2.05, 4.69) is 22.3 Å². The third-order valence-corrected chi connectivity index (χ3v) is 6.56. The number of amides is 2. The lowest BCUT2D eigenvalue weighted by Gasteiger charge is -2.38. The summed E-state index contributed by atoms with van der Waals surface area (Å²) in [7, 11) is 1.68. The molecule has 7 heteroatoms. The number of likely N-dealkylation sites (tertiary alicyclic amines) is 1. The quantitative estimate of drug-likeness (QED) is 0.429. The van der Waals surface area contributed by atoms with Gasteiger partial charge in [-0.2, -0.15) is 0 Å². The van der Waals surface area contributed by atoms with E-state index in [-0.39, 0.29) is 17.9 Å². The number of hydrogen-bond donors (Lipinski definition) is 1. The van der Waals surface area contributed by atoms with Gasteiger partial charge in [-0.15, -0.1) is 0 Å². The Morgan fingerprint density at radius 1 is 1.09 bits per heavy atom. The number of benzene rings is 2. The van der Waals surface area contributed by atoms with Gasteiger partial charge in [0.2, 0.25) is 0 Å². The molecule has 0 unspecified atom stereocenters. The summed E-state index contributed by atoms with van der Waals surface area (Å²) in [6, 6.07) is 18.9. The molecule has 184 valence electrons. The van der Waals surface area contributed by atoms with E-state index in [0.717, 1.165) is 50.4 Å². The Bertz CT molecular complexity index is 1100. The zero-order chi connectivity index (χ0) is 24.6. The van der Waals surface area contributed by atoms with Crippen molar-refractivity contribution in [2.45, 2.75) is 38.8 Å². The molecule has 0 atom stereocenters. The van der Waals surface area contributed by atoms with Crippen LogP contribution in [0.25, 0.3) is 0 Å². The zero-order valence-electron chi connectivity index (χ0n) is 20.4. The molecule has 2 amide bonds. The Hall–Kier alpha value is -3.58. The lowest BCUT2D eigenvalue weighted by Crippen LogP contribution is -2.48. The second kappa shape index (κ2) is 11.7. The van der Waals surface area contributed by atoms with Gasteiger partial charge >= 0.3 is 6.03 Å². The van der Waals surface area contributed by atoms with Gasteiger partial charge in [-0.3, -0.25) is 4.79 Å². The first kappa shape index (κ1) is 24.5. The number of nitrogens with one attached hydrogen (secondary N) is 1. The number of urea groups is 1. The average Bonchev–Trinajstić information content (AvgIpc) is 3.40. The first-order valence-corrected chi connectivity index (χ1v) is 12.1. The molecule has 35 heavy (non-hydrogen) atoms. The minimum atomic E-state index is -0.182. The van der Waals surface area contributed by atoms with E-state index in [0.29, 0.717) is 17.8 Å². The van der Waals surface area contributed by atoms with Gasteiger partial charge in [0.25, 0.3) is 0 Å². The maximum atomic E-state index is 13.3. The molecule has 1 fully saturated rings. The van der Waals surface area contributed by atoms with Crippen LogP contribution in [0.5, 0.6) is 5.75 Å². The summed E-state index contributed by atoms with van der Waals surface area (Å²) in [5.74, 6) is 1.59. The molecular weight excluding hydrogens is 442 g/mol. The molecule has 7 nitrogen and oxygen atoms in total. The molecule has 4 rings (SSSR count). The smallest absolute Gasteiger partial charge is 0.322 e. The highest BCUT2D eigenvalue weighted by Gasteiger charge is 2.29. The summed E-state index contributed by atoms with van der Waals surface area (Å²) >= 11 is 0. The number of methoxy groups -OCH3 is 1. The van der Waals surface area contributed by atoms with Crippen molar-refractivity contribution in [3.05, 3.63) is 83.8 Å². The van der Waals surface area contributed by atoms with Crippen LogP contribution < -0.4 is 10.1 Å². The SMILES string of the molecule is COc1ccc(CCN2CCC(N(Cc3ccco3)C(=O)Nc3cccc(C(C)=O)c3)CC2)cc1. The number of nitrogens with zero attached hydrogens (tertiary/aromatic N) is 2. The van der Waals surface area contributed by atoms with E-state index in [1.165, 1.54) is 12.5 Å². The number of ketones is 1. The van der Waals surface area contributed by atoms with Crippen LogP contribution in [0, 0.1) is 0 Å². The van der Waals surface area contributed by atoms with Crippen LogP contribution in [0.2, 0.25) is 0 Å². The lowest BCUT2D eigenvalue weighted by molar-refractivity contribution is 0.101. The van der Waals surface area contributed by atoms with E-state index in [9.17, 15) is 9.59 Å². The van der Waals surface area contributed by atoms with E-state index in [4.69, 9.17) is 9.15 Å². The van der Waals surface area contributed by atoms with E-state index < -0.39 is 0 Å². The minimum absolute atomic E-state index is 0.0319. The molecular formula is C28H33N3O4. The maximum absolute atomic E-state index is 13.3. The van der Waals surface area contributed by atoms with Gasteiger partial charge in [-0.05, 0) is 68.1 Å². The van der Waals surface area contributed by atoms with Crippen molar-refractivity contribution in [2.75, 3.05) is 32.1 Å². The maximum Gasteiger partial charge on any atom is 0.322 e. The Morgan fingerprint density at radius 3 is 2.51 bits per heavy atom. The van der Waals surface area contributed by atoms with Gasteiger partial charge < -0.3 is 24.3 Å². The van der Waals surface area contributed by atoms with Crippen LogP contribution in [0.3, 0.4) is 0 Å². The van der Waals surface area contributed by atoms with Crippen molar-refractivity contribution in [3.63, 3.8) is 0 Å². The fourth-order valence-corrected chi connectivity index (χ4v) is 4.48. The predicted octanol–water partition coefficient (Wildman–Crippen LogP) is 5.23. The molecule has 0 aliphatic carbocycles. The largest absolute Gasteiger partial charge is 0.497 e. The number of anilines is 1. The van der Waals surface area contributed by atoms with Crippen LogP contribution in [0.1, 0.15) is 41.4 Å². The van der Waals surface area contributed by atoms with Gasteiger partial charge in [0, 0.05) is 36.9 Å². The number of piperidine rings is 1. The second-order valence-electron chi connectivity index (χ2n) is 8.95. The molecule has 1 aliphatic heterocycles. The first-order chi connectivity index (χ1) is 17.0. The highest BCUT2D eigenvalue weighted by atomic mass is 16.5. The van der Waals surface area contributed by atoms with Crippen LogP contribution in [0.15, 0.2) is 71.3 Å². The molecule has 0 bridgehead atoms. The summed E-state index contributed by atoms with van der Waals surface area (Å²) in [6.45, 7) is 4.78. The lowest BCUT2D eigenvalue weighted by atomic mass is 10.0. The number of rotatable bonds is 9. The Kier molecular flexibility index (Phi) is 8.21. The second-order valence-corrected chi connectivity index (χ2v) is 8.95. The summed E-state index contributed by atoms with van der Waals surface area (Å²) in [5.41, 5.74) is 2.48. The third-order valence-electron chi connectivity index (χ3n) is 6.56. The van der Waals surface area contributed by atoms with Crippen molar-refractivity contribution >= 4 is 17.5 Å². The Morgan fingerprint density at radius 2 is 1.86 bits per heavy atom. The van der Waals surface area contributed by atoms with Gasteiger partial charge in [0.15, 0.2) is 5.78 Å². The van der Waals surface area contributed by atoms with Gasteiger partial charge in [0.1, 0.15) is 11.5 Å². The third kappa shape index (κ3) is 6.73. The van der Waals surface area contributed by atoms with E-state index in [1.807, 2.05) is 29.2 Å². The first-order valence-electron chi connectivity index (χ1n) is 12.1. The normalized spacial score (nSPS) is 14.5. The summed E-state index contributed by atoms with van der Waals surface area (Å²) in [6.07, 6.45) is 4.40. The number of carbonyl (C=O) groups excluding carboxylic acids is 2. The van der Waals surface area contributed by atoms with Gasteiger partial charge in [-0.1, -0.05) is 24.3 Å². The van der Waals surface area contributed by atoms with Crippen molar-refractivity contribution in [3.8, 4) is 5.75 Å². The molecule has 2 heterocycles. The molecule has 0 spiro atoms. The average molecular weight is 476 g/mol. The number of hydrogen-bond acceptors (Lipinski definition) is 5. The molecule has 1 aromatic heterocycles. The summed E-state index contributed by atoms with van der Waals surface area (Å²) in [5, 5.41) is 2.98. The van der Waals surface area contributed by atoms with Crippen LogP contribution >= 0.6 is 0 Å². The number of Topliss-reactive ketones (excluding diaryl/α,β-unsaturated/α-hetero) is 1. The van der Waals surface area contributed by atoms with Crippen molar-refractivity contribution in [1.82, 2.24) is 9.80 Å². The van der Waals surface area contributed by atoms with Gasteiger partial charge in [0.05, 0.1) is 19.9 Å². The van der Waals surface area contributed by atoms with Crippen molar-refractivity contribution in [2.24, 2.45) is 0 Å². The highest BCUT2D eigenvalue weighted by Crippen LogP contribution is 2.22. The molecule has 1 N–H and O–H groups in total. The topological polar surface area (TPSA) is 75.0 Å². The molecule has 1 aliphatic rings. The number of carbonyl (C=O) groups is 2.